The third kappa shape index (κ3) is 4.21. The predicted molar refractivity (Wildman–Crippen MR) is 85.0 cm³/mol. The zero-order chi connectivity index (χ0) is 14.8. The van der Waals surface area contributed by atoms with Crippen molar-refractivity contribution in [3.05, 3.63) is 34.9 Å². The maximum atomic E-state index is 10.2. The van der Waals surface area contributed by atoms with Gasteiger partial charge in [-0.3, -0.25) is 0 Å². The molecular weight excluding hydrogens is 270 g/mol. The fourth-order valence-electron chi connectivity index (χ4n) is 2.93. The highest BCUT2D eigenvalue weighted by molar-refractivity contribution is 6.30. The third-order valence-electron chi connectivity index (χ3n) is 4.45. The van der Waals surface area contributed by atoms with Gasteiger partial charge < -0.3 is 10.0 Å². The second kappa shape index (κ2) is 6.46. The maximum Gasteiger partial charge on any atom is 0.0802 e. The van der Waals surface area contributed by atoms with E-state index in [0.29, 0.717) is 10.4 Å². The standard InChI is InChI=1S/C17H26ClNO/c1-17(2,3)14-7-9-19(12-14)10-8-16(20)13-5-4-6-15(18)11-13/h4-6,11,14,16,20H,7-10,12H2,1-3H3. The van der Waals surface area contributed by atoms with Gasteiger partial charge in [-0.2, -0.15) is 0 Å². The lowest BCUT2D eigenvalue weighted by Crippen LogP contribution is -2.27. The number of aliphatic hydroxyl groups is 1. The first-order valence-corrected chi connectivity index (χ1v) is 7.90. The number of halogens is 1. The summed E-state index contributed by atoms with van der Waals surface area (Å²) < 4.78 is 0. The molecule has 20 heavy (non-hydrogen) atoms. The van der Waals surface area contributed by atoms with E-state index in [0.717, 1.165) is 37.5 Å². The molecule has 1 aromatic rings. The Morgan fingerprint density at radius 2 is 2.15 bits per heavy atom. The van der Waals surface area contributed by atoms with Crippen molar-refractivity contribution in [2.45, 2.75) is 39.7 Å². The molecule has 3 heteroatoms. The van der Waals surface area contributed by atoms with Crippen molar-refractivity contribution < 1.29 is 5.11 Å². The van der Waals surface area contributed by atoms with Gasteiger partial charge in [0.1, 0.15) is 0 Å². The highest BCUT2D eigenvalue weighted by Crippen LogP contribution is 2.33. The SMILES string of the molecule is CC(C)(C)C1CCN(CCC(O)c2cccc(Cl)c2)C1. The summed E-state index contributed by atoms with van der Waals surface area (Å²) in [5, 5.41) is 10.9. The zero-order valence-electron chi connectivity index (χ0n) is 12.8. The van der Waals surface area contributed by atoms with Gasteiger partial charge in [0.05, 0.1) is 6.10 Å². The van der Waals surface area contributed by atoms with E-state index in [2.05, 4.69) is 25.7 Å². The second-order valence-corrected chi connectivity index (χ2v) is 7.45. The van der Waals surface area contributed by atoms with Gasteiger partial charge >= 0.3 is 0 Å². The Morgan fingerprint density at radius 1 is 1.40 bits per heavy atom. The normalized spacial score (nSPS) is 22.1. The smallest absolute Gasteiger partial charge is 0.0802 e. The monoisotopic (exact) mass is 295 g/mol. The maximum absolute atomic E-state index is 10.2. The first-order valence-electron chi connectivity index (χ1n) is 7.52. The number of nitrogens with zero attached hydrogens (tertiary/aromatic N) is 1. The van der Waals surface area contributed by atoms with Crippen LogP contribution in [0.1, 0.15) is 45.3 Å². The molecule has 0 saturated carbocycles. The number of likely N-dealkylation sites (tertiary alicyclic amines) is 1. The fraction of sp³-hybridized carbons (Fsp3) is 0.647. The summed E-state index contributed by atoms with van der Waals surface area (Å²) in [6, 6.07) is 7.53. The molecule has 0 amide bonds. The molecule has 2 atom stereocenters. The average molecular weight is 296 g/mol. The summed E-state index contributed by atoms with van der Waals surface area (Å²) >= 11 is 5.96. The molecule has 1 N–H and O–H groups in total. The number of benzene rings is 1. The number of aliphatic hydroxyl groups excluding tert-OH is 1. The van der Waals surface area contributed by atoms with Gasteiger partial charge in [-0.05, 0) is 48.4 Å². The summed E-state index contributed by atoms with van der Waals surface area (Å²) in [7, 11) is 0. The lowest BCUT2D eigenvalue weighted by molar-refractivity contribution is 0.144. The lowest BCUT2D eigenvalue weighted by atomic mass is 9.80. The summed E-state index contributed by atoms with van der Waals surface area (Å²) in [6.07, 6.45) is 1.64. The summed E-state index contributed by atoms with van der Waals surface area (Å²) in [4.78, 5) is 2.48. The van der Waals surface area contributed by atoms with Crippen LogP contribution in [0.5, 0.6) is 0 Å². The molecule has 112 valence electrons. The Kier molecular flexibility index (Phi) is 5.11. The largest absolute Gasteiger partial charge is 0.388 e. The molecule has 1 aliphatic heterocycles. The second-order valence-electron chi connectivity index (χ2n) is 7.01. The molecular formula is C17H26ClNO. The Morgan fingerprint density at radius 3 is 2.75 bits per heavy atom. The molecule has 2 unspecified atom stereocenters. The van der Waals surface area contributed by atoms with Crippen molar-refractivity contribution in [3.63, 3.8) is 0 Å². The van der Waals surface area contributed by atoms with E-state index in [1.54, 1.807) is 0 Å². The number of hydrogen-bond acceptors (Lipinski definition) is 2. The first kappa shape index (κ1) is 15.8. The van der Waals surface area contributed by atoms with Crippen molar-refractivity contribution in [2.75, 3.05) is 19.6 Å². The van der Waals surface area contributed by atoms with Gasteiger partial charge in [-0.1, -0.05) is 44.5 Å². The molecule has 0 aromatic heterocycles. The van der Waals surface area contributed by atoms with Crippen molar-refractivity contribution in [3.8, 4) is 0 Å². The van der Waals surface area contributed by atoms with Crippen LogP contribution in [0.4, 0.5) is 0 Å². The van der Waals surface area contributed by atoms with E-state index in [1.165, 1.54) is 6.42 Å². The minimum atomic E-state index is -0.414. The van der Waals surface area contributed by atoms with E-state index in [4.69, 9.17) is 11.6 Å². The van der Waals surface area contributed by atoms with Crippen molar-refractivity contribution in [2.24, 2.45) is 11.3 Å². The van der Waals surface area contributed by atoms with Crippen molar-refractivity contribution in [1.29, 1.82) is 0 Å². The van der Waals surface area contributed by atoms with Crippen LogP contribution in [0, 0.1) is 11.3 Å². The zero-order valence-corrected chi connectivity index (χ0v) is 13.5. The molecule has 1 aliphatic rings. The topological polar surface area (TPSA) is 23.5 Å². The molecule has 0 spiro atoms. The van der Waals surface area contributed by atoms with E-state index < -0.39 is 6.10 Å². The molecule has 1 aromatic carbocycles. The van der Waals surface area contributed by atoms with Gasteiger partial charge in [0.15, 0.2) is 0 Å². The van der Waals surface area contributed by atoms with Crippen LogP contribution in [0.15, 0.2) is 24.3 Å². The molecule has 1 heterocycles. The Bertz CT molecular complexity index is 441. The quantitative estimate of drug-likeness (QED) is 0.903. The van der Waals surface area contributed by atoms with Crippen LogP contribution in [0.3, 0.4) is 0 Å². The van der Waals surface area contributed by atoms with Crippen LogP contribution >= 0.6 is 11.6 Å². The van der Waals surface area contributed by atoms with E-state index >= 15 is 0 Å². The Hall–Kier alpha value is -0.570. The van der Waals surface area contributed by atoms with Crippen LogP contribution in [0.25, 0.3) is 0 Å². The van der Waals surface area contributed by atoms with E-state index in [1.807, 2.05) is 24.3 Å². The minimum Gasteiger partial charge on any atom is -0.388 e. The minimum absolute atomic E-state index is 0.389. The predicted octanol–water partition coefficient (Wildman–Crippen LogP) is 4.13. The van der Waals surface area contributed by atoms with E-state index in [-0.39, 0.29) is 0 Å². The molecule has 2 nitrogen and oxygen atoms in total. The molecule has 1 fully saturated rings. The third-order valence-corrected chi connectivity index (χ3v) is 4.68. The van der Waals surface area contributed by atoms with Crippen molar-refractivity contribution >= 4 is 11.6 Å². The van der Waals surface area contributed by atoms with Gasteiger partial charge in [0.2, 0.25) is 0 Å². The lowest BCUT2D eigenvalue weighted by Gasteiger charge is -2.27. The van der Waals surface area contributed by atoms with E-state index in [9.17, 15) is 5.11 Å². The molecule has 2 rings (SSSR count). The van der Waals surface area contributed by atoms with Crippen LogP contribution in [-0.4, -0.2) is 29.6 Å². The summed E-state index contributed by atoms with van der Waals surface area (Å²) in [5.41, 5.74) is 1.31. The van der Waals surface area contributed by atoms with Crippen molar-refractivity contribution in [1.82, 2.24) is 4.90 Å². The highest BCUT2D eigenvalue weighted by atomic mass is 35.5. The van der Waals surface area contributed by atoms with Crippen LogP contribution < -0.4 is 0 Å². The number of hydrogen-bond donors (Lipinski definition) is 1. The molecule has 1 saturated heterocycles. The molecule has 0 radical (unpaired) electrons. The van der Waals surface area contributed by atoms with Crippen LogP contribution in [0.2, 0.25) is 5.02 Å². The Labute approximate surface area is 127 Å². The molecule has 0 aliphatic carbocycles. The van der Waals surface area contributed by atoms with Gasteiger partial charge in [0.25, 0.3) is 0 Å². The van der Waals surface area contributed by atoms with Crippen LogP contribution in [-0.2, 0) is 0 Å². The highest BCUT2D eigenvalue weighted by Gasteiger charge is 2.31. The van der Waals surface area contributed by atoms with Gasteiger partial charge in [-0.15, -0.1) is 0 Å². The summed E-state index contributed by atoms with van der Waals surface area (Å²) in [6.45, 7) is 10.2. The fourth-order valence-corrected chi connectivity index (χ4v) is 3.13. The first-order chi connectivity index (χ1) is 9.36. The Balaban J connectivity index is 1.82. The average Bonchev–Trinajstić information content (AvgIpc) is 2.84. The number of rotatable bonds is 4. The summed E-state index contributed by atoms with van der Waals surface area (Å²) in [5.74, 6) is 0.769. The van der Waals surface area contributed by atoms with Gasteiger partial charge in [0, 0.05) is 18.1 Å². The molecule has 0 bridgehead atoms. The van der Waals surface area contributed by atoms with Gasteiger partial charge in [-0.25, -0.2) is 0 Å².